The Morgan fingerprint density at radius 3 is 2.55 bits per heavy atom. The number of benzene rings is 1. The van der Waals surface area contributed by atoms with Crippen molar-refractivity contribution in [3.05, 3.63) is 33.8 Å². The van der Waals surface area contributed by atoms with Gasteiger partial charge < -0.3 is 5.32 Å². The van der Waals surface area contributed by atoms with E-state index in [1.54, 1.807) is 0 Å². The van der Waals surface area contributed by atoms with Gasteiger partial charge in [0, 0.05) is 28.7 Å². The number of likely N-dealkylation sites (tertiary alicyclic amines) is 1. The number of rotatable bonds is 6. The van der Waals surface area contributed by atoms with Gasteiger partial charge in [-0.3, -0.25) is 4.90 Å². The molecule has 1 aromatic carbocycles. The number of hydrogen-bond acceptors (Lipinski definition) is 2. The van der Waals surface area contributed by atoms with E-state index in [2.05, 4.69) is 24.1 Å². The van der Waals surface area contributed by atoms with Crippen LogP contribution in [0.5, 0.6) is 0 Å². The summed E-state index contributed by atoms with van der Waals surface area (Å²) in [6.07, 6.45) is 3.70. The molecule has 1 aromatic rings. The summed E-state index contributed by atoms with van der Waals surface area (Å²) in [4.78, 5) is 2.56. The van der Waals surface area contributed by atoms with Gasteiger partial charge in [0.15, 0.2) is 0 Å². The lowest BCUT2D eigenvalue weighted by Crippen LogP contribution is -2.39. The second kappa shape index (κ2) is 7.65. The largest absolute Gasteiger partial charge is 0.308 e. The fourth-order valence-corrected chi connectivity index (χ4v) is 3.42. The van der Waals surface area contributed by atoms with Crippen LogP contribution in [0.15, 0.2) is 18.2 Å². The lowest BCUT2D eigenvalue weighted by Gasteiger charge is -2.27. The molecule has 1 aliphatic rings. The molecule has 0 aromatic heterocycles. The Morgan fingerprint density at radius 2 is 1.95 bits per heavy atom. The van der Waals surface area contributed by atoms with Crippen LogP contribution in [0.25, 0.3) is 0 Å². The van der Waals surface area contributed by atoms with Gasteiger partial charge in [-0.1, -0.05) is 36.2 Å². The highest BCUT2D eigenvalue weighted by atomic mass is 35.5. The van der Waals surface area contributed by atoms with Crippen LogP contribution in [0.1, 0.15) is 44.7 Å². The van der Waals surface area contributed by atoms with Crippen molar-refractivity contribution in [2.24, 2.45) is 0 Å². The van der Waals surface area contributed by atoms with E-state index in [1.165, 1.54) is 25.9 Å². The van der Waals surface area contributed by atoms with Crippen molar-refractivity contribution in [1.82, 2.24) is 10.2 Å². The SMILES string of the molecule is CCC(NCC(C)N1CCCC1)c1ccc(Cl)cc1Cl. The third-order valence-electron chi connectivity index (χ3n) is 4.17. The molecule has 0 aliphatic carbocycles. The summed E-state index contributed by atoms with van der Waals surface area (Å²) in [5, 5.41) is 5.10. The molecule has 2 atom stereocenters. The summed E-state index contributed by atoms with van der Waals surface area (Å²) in [5.41, 5.74) is 1.15. The van der Waals surface area contributed by atoms with Crippen LogP contribution in [-0.4, -0.2) is 30.6 Å². The molecule has 1 aliphatic heterocycles. The van der Waals surface area contributed by atoms with Crippen LogP contribution >= 0.6 is 23.2 Å². The van der Waals surface area contributed by atoms with E-state index in [1.807, 2.05) is 18.2 Å². The van der Waals surface area contributed by atoms with Crippen LogP contribution in [-0.2, 0) is 0 Å². The van der Waals surface area contributed by atoms with Crippen molar-refractivity contribution in [3.63, 3.8) is 0 Å². The number of nitrogens with zero attached hydrogens (tertiary/aromatic N) is 1. The summed E-state index contributed by atoms with van der Waals surface area (Å²) in [5.74, 6) is 0. The zero-order valence-electron chi connectivity index (χ0n) is 12.3. The molecule has 0 spiro atoms. The summed E-state index contributed by atoms with van der Waals surface area (Å²) < 4.78 is 0. The molecule has 4 heteroatoms. The predicted molar refractivity (Wildman–Crippen MR) is 87.8 cm³/mol. The zero-order chi connectivity index (χ0) is 14.5. The summed E-state index contributed by atoms with van der Waals surface area (Å²) in [7, 11) is 0. The van der Waals surface area contributed by atoms with Gasteiger partial charge in [-0.05, 0) is 57.0 Å². The average Bonchev–Trinajstić information content (AvgIpc) is 2.95. The fraction of sp³-hybridized carbons (Fsp3) is 0.625. The molecule has 2 nitrogen and oxygen atoms in total. The van der Waals surface area contributed by atoms with Crippen molar-refractivity contribution in [2.45, 2.75) is 45.2 Å². The highest BCUT2D eigenvalue weighted by molar-refractivity contribution is 6.35. The standard InChI is InChI=1S/C16H24Cl2N2/c1-3-16(14-7-6-13(17)10-15(14)18)19-11-12(2)20-8-4-5-9-20/h6-7,10,12,16,19H,3-5,8-9,11H2,1-2H3. The van der Waals surface area contributed by atoms with E-state index in [0.717, 1.165) is 23.6 Å². The Labute approximate surface area is 132 Å². The lowest BCUT2D eigenvalue weighted by molar-refractivity contribution is 0.245. The number of hydrogen-bond donors (Lipinski definition) is 1. The number of halogens is 2. The van der Waals surface area contributed by atoms with Crippen LogP contribution in [0, 0.1) is 0 Å². The molecular formula is C16H24Cl2N2. The molecule has 1 saturated heterocycles. The molecule has 2 unspecified atom stereocenters. The maximum absolute atomic E-state index is 6.31. The van der Waals surface area contributed by atoms with Crippen LogP contribution in [0.2, 0.25) is 10.0 Å². The van der Waals surface area contributed by atoms with Gasteiger partial charge >= 0.3 is 0 Å². The van der Waals surface area contributed by atoms with Crippen molar-refractivity contribution < 1.29 is 0 Å². The monoisotopic (exact) mass is 314 g/mol. The fourth-order valence-electron chi connectivity index (χ4n) is 2.88. The van der Waals surface area contributed by atoms with Crippen LogP contribution in [0.3, 0.4) is 0 Å². The van der Waals surface area contributed by atoms with E-state index >= 15 is 0 Å². The van der Waals surface area contributed by atoms with E-state index in [0.29, 0.717) is 17.1 Å². The molecule has 0 bridgehead atoms. The van der Waals surface area contributed by atoms with Gasteiger partial charge in [-0.2, -0.15) is 0 Å². The molecule has 0 amide bonds. The van der Waals surface area contributed by atoms with Gasteiger partial charge in [0.25, 0.3) is 0 Å². The third kappa shape index (κ3) is 4.11. The minimum atomic E-state index is 0.296. The normalized spacial score (nSPS) is 19.2. The highest BCUT2D eigenvalue weighted by Gasteiger charge is 2.19. The molecule has 1 heterocycles. The molecule has 1 N–H and O–H groups in total. The first-order valence-electron chi connectivity index (χ1n) is 7.54. The Kier molecular flexibility index (Phi) is 6.16. The van der Waals surface area contributed by atoms with Crippen molar-refractivity contribution in [2.75, 3.05) is 19.6 Å². The lowest BCUT2D eigenvalue weighted by atomic mass is 10.0. The first-order chi connectivity index (χ1) is 9.61. The quantitative estimate of drug-likeness (QED) is 0.830. The Morgan fingerprint density at radius 1 is 1.25 bits per heavy atom. The van der Waals surface area contributed by atoms with Gasteiger partial charge in [0.1, 0.15) is 0 Å². The first-order valence-corrected chi connectivity index (χ1v) is 8.29. The molecule has 1 fully saturated rings. The summed E-state index contributed by atoms with van der Waals surface area (Å²) in [6, 6.07) is 6.65. The average molecular weight is 315 g/mol. The van der Waals surface area contributed by atoms with Gasteiger partial charge in [-0.25, -0.2) is 0 Å². The molecule has 0 radical (unpaired) electrons. The maximum atomic E-state index is 6.31. The Balaban J connectivity index is 1.94. The van der Waals surface area contributed by atoms with Crippen molar-refractivity contribution >= 4 is 23.2 Å². The summed E-state index contributed by atoms with van der Waals surface area (Å²) in [6.45, 7) is 7.96. The highest BCUT2D eigenvalue weighted by Crippen LogP contribution is 2.28. The minimum Gasteiger partial charge on any atom is -0.308 e. The van der Waals surface area contributed by atoms with Gasteiger partial charge in [0.2, 0.25) is 0 Å². The second-order valence-corrected chi connectivity index (χ2v) is 6.47. The van der Waals surface area contributed by atoms with E-state index in [4.69, 9.17) is 23.2 Å². The van der Waals surface area contributed by atoms with Gasteiger partial charge in [0.05, 0.1) is 0 Å². The first kappa shape index (κ1) is 16.1. The van der Waals surface area contributed by atoms with Gasteiger partial charge in [-0.15, -0.1) is 0 Å². The topological polar surface area (TPSA) is 15.3 Å². The zero-order valence-corrected chi connectivity index (χ0v) is 13.8. The predicted octanol–water partition coefficient (Wildman–Crippen LogP) is 4.52. The van der Waals surface area contributed by atoms with Crippen LogP contribution in [0.4, 0.5) is 0 Å². The Bertz CT molecular complexity index is 430. The molecule has 0 saturated carbocycles. The van der Waals surface area contributed by atoms with E-state index in [9.17, 15) is 0 Å². The molecule has 20 heavy (non-hydrogen) atoms. The van der Waals surface area contributed by atoms with E-state index in [-0.39, 0.29) is 0 Å². The molecule has 2 rings (SSSR count). The smallest absolute Gasteiger partial charge is 0.0468 e. The van der Waals surface area contributed by atoms with Crippen molar-refractivity contribution in [1.29, 1.82) is 0 Å². The summed E-state index contributed by atoms with van der Waals surface area (Å²) >= 11 is 12.3. The van der Waals surface area contributed by atoms with Crippen molar-refractivity contribution in [3.8, 4) is 0 Å². The van der Waals surface area contributed by atoms with Crippen LogP contribution < -0.4 is 5.32 Å². The van der Waals surface area contributed by atoms with E-state index < -0.39 is 0 Å². The number of nitrogens with one attached hydrogen (secondary N) is 1. The second-order valence-electron chi connectivity index (χ2n) is 5.63. The minimum absolute atomic E-state index is 0.296. The molecular weight excluding hydrogens is 291 g/mol. The third-order valence-corrected chi connectivity index (χ3v) is 4.73. The Hall–Kier alpha value is -0.280. The maximum Gasteiger partial charge on any atom is 0.0468 e. The molecule has 112 valence electrons.